The lowest BCUT2D eigenvalue weighted by molar-refractivity contribution is -0.132. The Morgan fingerprint density at radius 1 is 0.656 bits per heavy atom. The van der Waals surface area contributed by atoms with Gasteiger partial charge in [-0.25, -0.2) is 79.6 Å². The number of carbonyl (C=O) groups is 2. The van der Waals surface area contributed by atoms with Crippen molar-refractivity contribution in [3.05, 3.63) is 172 Å². The second-order valence-corrected chi connectivity index (χ2v) is 20.5. The number of amides is 1. The number of hydrogen-bond acceptors (Lipinski definition) is 25. The van der Waals surface area contributed by atoms with Gasteiger partial charge >= 0.3 is 5.97 Å². The Morgan fingerprint density at radius 2 is 1.25 bits per heavy atom. The maximum Gasteiger partial charge on any atom is 0.354 e. The number of carboxylic acids is 1. The van der Waals surface area contributed by atoms with Crippen LogP contribution in [0.5, 0.6) is 0 Å². The maximum atomic E-state index is 13.8. The third kappa shape index (κ3) is 16.5. The van der Waals surface area contributed by atoms with Crippen LogP contribution in [0, 0.1) is 13.8 Å². The molecule has 6 aromatic heterocycles. The SMILES string of the molecule is C=C(N=C(O)C(=C)N=C(O)C(=C)N=C(O)C(=C)NC(=O)c1ccc2c(n1)-c1coc(n1)C(=C)N=C(O)C(=C)N=C(O)c1nc(oc1C)/C(=C/C)N=C(O)c1csc(n1)C(OC)N=C(O)c1nc(oc1C)/C(=C/C(C)O)N=C(O)C([C@@H](C)O)N=C(O)c1csc-2n1)C(=O)O. The van der Waals surface area contributed by atoms with Crippen LogP contribution in [0.15, 0.2) is 167 Å². The van der Waals surface area contributed by atoms with Crippen LogP contribution in [0.4, 0.5) is 0 Å². The van der Waals surface area contributed by atoms with Crippen molar-refractivity contribution in [2.24, 2.45) is 44.9 Å². The zero-order valence-corrected chi connectivity index (χ0v) is 51.1. The predicted molar refractivity (Wildman–Crippen MR) is 341 cm³/mol. The molecule has 0 fully saturated rings. The number of aliphatic imine (C=N–C) groups is 9. The molecule has 4 atom stereocenters. The Balaban J connectivity index is 1.31. The normalized spacial score (nSPS) is 17.5. The molecule has 1 aliphatic heterocycles. The average molecular weight is 1320 g/mol. The van der Waals surface area contributed by atoms with Crippen molar-refractivity contribution >= 4 is 105 Å². The summed E-state index contributed by atoms with van der Waals surface area (Å²) < 4.78 is 22.7. The maximum absolute atomic E-state index is 13.8. The molecule has 7 rings (SSSR count). The Kier molecular flexibility index (Phi) is 21.4. The summed E-state index contributed by atoms with van der Waals surface area (Å²) in [5, 5.41) is 134. The molecule has 482 valence electrons. The van der Waals surface area contributed by atoms with E-state index >= 15 is 0 Å². The van der Waals surface area contributed by atoms with Crippen molar-refractivity contribution in [3.63, 3.8) is 0 Å². The highest BCUT2D eigenvalue weighted by atomic mass is 32.1. The van der Waals surface area contributed by atoms with Crippen LogP contribution < -0.4 is 5.32 Å². The van der Waals surface area contributed by atoms with Gasteiger partial charge in [-0.3, -0.25) is 4.79 Å². The molecule has 36 heteroatoms. The second kappa shape index (κ2) is 29.1. The molecule has 6 aromatic rings. The average Bonchev–Trinajstić information content (AvgIpc) is 1.74. The Labute approximate surface area is 531 Å². The zero-order valence-electron chi connectivity index (χ0n) is 49.4. The highest BCUT2D eigenvalue weighted by Crippen LogP contribution is 2.35. The minimum absolute atomic E-state index is 0.000236. The van der Waals surface area contributed by atoms with Gasteiger partial charge in [-0.2, -0.15) is 0 Å². The number of hydrogen-bond donors (Lipinski definition) is 13. The van der Waals surface area contributed by atoms with E-state index in [1.54, 1.807) is 6.92 Å². The molecular formula is C57H54N16O18S2. The molecule has 0 aromatic carbocycles. The molecular weight excluding hydrogens is 1260 g/mol. The third-order valence-corrected chi connectivity index (χ3v) is 13.6. The van der Waals surface area contributed by atoms with Gasteiger partial charge < -0.3 is 84.6 Å². The summed E-state index contributed by atoms with van der Waals surface area (Å²) in [5.41, 5.74) is -5.48. The summed E-state index contributed by atoms with van der Waals surface area (Å²) in [7, 11) is 1.26. The molecule has 0 spiro atoms. The van der Waals surface area contributed by atoms with Crippen molar-refractivity contribution in [2.45, 2.75) is 59.1 Å². The Bertz CT molecular complexity index is 4420. The topological polar surface area (TPSA) is 526 Å². The standard InChI is InChI=1S/C57H54N16O18S2/c1-13-31-52-71-38(28(10)90-52)49(84)61-24(6)43(78)62-25(7)51-67-34(17-89-51)40-30(14-15-32(64-40)45(80)60-23(5)42(77)58-21(3)41(76)59-22(4)44(79)63-26(8)57(86)87)55-68-36(18-92-55)47(82)70-37(27(9)75)48(83)66-33(16-20(2)74)53-72-39(29(11)91-53)50(85)73-54(88-12)56-69-35(19-93-56)46(81)65-31/h13-20,27,37,54,74-75H,3-8H2,1-2,9-12H3,(H,58,77)(H,59,76)(H,60,80)(H,61,84)(H,62,78)(H,63,79)(H,65,81)(H,66,83)(H,70,82)(H,73,85)(H,86,87)/b31-13-,33-16-/t20?,27-,37?,54?/m1/s1. The number of rotatable bonds is 12. The number of carboxylic acid groups (broad SMARTS) is 1. The van der Waals surface area contributed by atoms with E-state index in [4.69, 9.17) is 23.1 Å². The van der Waals surface area contributed by atoms with Crippen LogP contribution in [0.25, 0.3) is 39.1 Å². The van der Waals surface area contributed by atoms with E-state index in [-0.39, 0.29) is 96.0 Å². The smallest absolute Gasteiger partial charge is 0.354 e. The molecule has 7 heterocycles. The third-order valence-electron chi connectivity index (χ3n) is 11.8. The van der Waals surface area contributed by atoms with Crippen LogP contribution in [-0.2, 0) is 9.53 Å². The van der Waals surface area contributed by atoms with E-state index < -0.39 is 124 Å². The van der Waals surface area contributed by atoms with Gasteiger partial charge in [-0.1, -0.05) is 45.5 Å². The van der Waals surface area contributed by atoms with Crippen molar-refractivity contribution in [1.29, 1.82) is 0 Å². The quantitative estimate of drug-likeness (QED) is 0.0315. The number of methoxy groups -OCH3 is 1. The Morgan fingerprint density at radius 3 is 1.86 bits per heavy atom. The van der Waals surface area contributed by atoms with Gasteiger partial charge in [0.15, 0.2) is 17.4 Å². The van der Waals surface area contributed by atoms with Gasteiger partial charge in [0.25, 0.3) is 5.91 Å². The first kappa shape index (κ1) is 68.5. The van der Waals surface area contributed by atoms with Crippen LogP contribution in [0.1, 0.15) is 94.5 Å². The first-order chi connectivity index (χ1) is 43.9. The van der Waals surface area contributed by atoms with Crippen molar-refractivity contribution in [2.75, 3.05) is 7.11 Å². The number of allylic oxidation sites excluding steroid dienone is 1. The van der Waals surface area contributed by atoms with Gasteiger partial charge in [0.05, 0.1) is 17.9 Å². The molecule has 1 aliphatic rings. The van der Waals surface area contributed by atoms with Gasteiger partial charge in [-0.15, -0.1) is 22.7 Å². The minimum Gasteiger partial charge on any atom is -0.495 e. The summed E-state index contributed by atoms with van der Waals surface area (Å²) in [5.74, 6) is -11.7. The lowest BCUT2D eigenvalue weighted by Gasteiger charge is -2.14. The summed E-state index contributed by atoms with van der Waals surface area (Å²) in [6, 6.07) is 0.783. The number of fused-ring (bicyclic) bond motifs is 13. The fraction of sp³-hybridized carbons (Fsp3) is 0.175. The fourth-order valence-corrected chi connectivity index (χ4v) is 8.93. The molecule has 34 nitrogen and oxygen atoms in total. The lowest BCUT2D eigenvalue weighted by Crippen LogP contribution is -2.31. The molecule has 0 saturated carbocycles. The van der Waals surface area contributed by atoms with Crippen LogP contribution in [0.2, 0.25) is 0 Å². The van der Waals surface area contributed by atoms with Crippen LogP contribution in [-0.4, -0.2) is 181 Å². The number of nitrogens with zero attached hydrogens (tertiary/aromatic N) is 15. The monoisotopic (exact) mass is 1310 g/mol. The zero-order chi connectivity index (χ0) is 68.4. The largest absolute Gasteiger partial charge is 0.495 e. The van der Waals surface area contributed by atoms with Crippen LogP contribution in [0.3, 0.4) is 0 Å². The predicted octanol–water partition coefficient (Wildman–Crippen LogP) is 7.86. The highest BCUT2D eigenvalue weighted by Gasteiger charge is 2.29. The summed E-state index contributed by atoms with van der Waals surface area (Å²) in [6.07, 6.45) is -0.605. The van der Waals surface area contributed by atoms with E-state index in [2.05, 4.69) is 120 Å². The number of aliphatic hydroxyl groups is 11. The summed E-state index contributed by atoms with van der Waals surface area (Å²) in [4.78, 5) is 86.1. The summed E-state index contributed by atoms with van der Waals surface area (Å²) in [6.45, 7) is 27.9. The van der Waals surface area contributed by atoms with Gasteiger partial charge in [0.1, 0.15) is 96.1 Å². The Hall–Kier alpha value is -12.0. The van der Waals surface area contributed by atoms with E-state index in [1.807, 2.05) is 0 Å². The van der Waals surface area contributed by atoms with E-state index in [9.17, 15) is 65.8 Å². The molecule has 1 amide bonds. The molecule has 13 N–H and O–H groups in total. The van der Waals surface area contributed by atoms with Gasteiger partial charge in [-0.05, 0) is 52.8 Å². The van der Waals surface area contributed by atoms with Crippen molar-refractivity contribution < 1.29 is 88.9 Å². The fourth-order valence-electron chi connectivity index (χ4n) is 7.30. The summed E-state index contributed by atoms with van der Waals surface area (Å²) >= 11 is 1.85. The first-order valence-electron chi connectivity index (χ1n) is 26.2. The highest BCUT2D eigenvalue weighted by molar-refractivity contribution is 7.13. The van der Waals surface area contributed by atoms with Gasteiger partial charge in [0.2, 0.25) is 77.0 Å². The molecule has 10 bridgehead atoms. The molecule has 0 radical (unpaired) electrons. The molecule has 0 saturated heterocycles. The van der Waals surface area contributed by atoms with E-state index in [0.717, 1.165) is 35.0 Å². The number of aryl methyl sites for hydroxylation is 2. The van der Waals surface area contributed by atoms with Crippen molar-refractivity contribution in [3.8, 4) is 22.0 Å². The number of aromatic nitrogens is 6. The number of aliphatic carboxylic acids is 1. The first-order valence-corrected chi connectivity index (χ1v) is 27.9. The van der Waals surface area contributed by atoms with Crippen molar-refractivity contribution in [1.82, 2.24) is 35.2 Å². The van der Waals surface area contributed by atoms with Gasteiger partial charge in [0, 0.05) is 23.4 Å². The lowest BCUT2D eigenvalue weighted by atomic mass is 10.1. The minimum atomic E-state index is -1.75. The van der Waals surface area contributed by atoms with E-state index in [0.29, 0.717) is 0 Å². The number of oxazole rings is 3. The van der Waals surface area contributed by atoms with Crippen LogP contribution >= 0.6 is 22.7 Å². The number of carbonyl (C=O) groups excluding carboxylic acids is 1. The second-order valence-electron chi connectivity index (χ2n) is 18.8. The number of ether oxygens (including phenoxy) is 1. The number of thiazole rings is 2. The molecule has 3 unspecified atom stereocenters. The molecule has 93 heavy (non-hydrogen) atoms. The number of aliphatic hydroxyl groups excluding tert-OH is 11. The van der Waals surface area contributed by atoms with E-state index in [1.165, 1.54) is 63.8 Å². The number of pyridine rings is 1. The molecule has 0 aliphatic carbocycles. The number of nitrogens with one attached hydrogen (secondary N) is 1.